The molecule has 1 aliphatic heterocycles. The second kappa shape index (κ2) is 15.1. The fourth-order valence-corrected chi connectivity index (χ4v) is 2.29. The van der Waals surface area contributed by atoms with Crippen LogP contribution in [0.3, 0.4) is 0 Å². The van der Waals surface area contributed by atoms with Gasteiger partial charge in [0.1, 0.15) is 5.69 Å². The first-order valence-corrected chi connectivity index (χ1v) is 9.27. The summed E-state index contributed by atoms with van der Waals surface area (Å²) < 4.78 is 0. The Morgan fingerprint density at radius 1 is 1.33 bits per heavy atom. The number of nitrogens with one attached hydrogen (secondary N) is 1. The Morgan fingerprint density at radius 3 is 2.44 bits per heavy atom. The van der Waals surface area contributed by atoms with Crippen LogP contribution in [0.4, 0.5) is 0 Å². The highest BCUT2D eigenvalue weighted by atomic mass is 32.1. The smallest absolute Gasteiger partial charge is 0.223 e. The number of thiol groups is 1. The summed E-state index contributed by atoms with van der Waals surface area (Å²) in [5, 5.41) is 1.70. The molecule has 1 amide bonds. The Bertz CT molecular complexity index is 596. The van der Waals surface area contributed by atoms with Gasteiger partial charge in [-0.05, 0) is 25.5 Å². The summed E-state index contributed by atoms with van der Waals surface area (Å²) in [5.74, 6) is 0.112. The summed E-state index contributed by atoms with van der Waals surface area (Å²) in [4.78, 5) is 41.7. The molecular formula is C19H30N4O3S. The molecule has 0 atom stereocenters. The molecule has 0 aromatic carbocycles. The van der Waals surface area contributed by atoms with Gasteiger partial charge in [-0.15, -0.1) is 6.58 Å². The van der Waals surface area contributed by atoms with Crippen LogP contribution in [-0.4, -0.2) is 58.5 Å². The summed E-state index contributed by atoms with van der Waals surface area (Å²) in [6.07, 6.45) is 4.69. The Hall–Kier alpha value is -2.03. The minimum atomic E-state index is 0.00981. The van der Waals surface area contributed by atoms with Gasteiger partial charge in [-0.25, -0.2) is 9.84 Å². The average Bonchev–Trinajstić information content (AvgIpc) is 2.85. The van der Waals surface area contributed by atoms with Crippen molar-refractivity contribution in [3.63, 3.8) is 0 Å². The van der Waals surface area contributed by atoms with E-state index in [0.717, 1.165) is 6.42 Å². The van der Waals surface area contributed by atoms with Crippen molar-refractivity contribution < 1.29 is 14.4 Å². The Labute approximate surface area is 167 Å². The minimum Gasteiger partial charge on any atom is -0.334 e. The summed E-state index contributed by atoms with van der Waals surface area (Å²) >= 11 is 3.89. The second-order valence-electron chi connectivity index (χ2n) is 5.80. The number of hydrogen-bond donors (Lipinski definition) is 2. The van der Waals surface area contributed by atoms with E-state index in [1.165, 1.54) is 6.92 Å². The van der Waals surface area contributed by atoms with Crippen LogP contribution >= 0.6 is 12.8 Å². The van der Waals surface area contributed by atoms with E-state index in [-0.39, 0.29) is 24.0 Å². The lowest BCUT2D eigenvalue weighted by Crippen LogP contribution is -2.37. The van der Waals surface area contributed by atoms with Crippen molar-refractivity contribution in [3.05, 3.63) is 42.7 Å². The number of hydrazine groups is 1. The molecule has 1 fully saturated rings. The van der Waals surface area contributed by atoms with Gasteiger partial charge in [0.05, 0.1) is 13.1 Å². The van der Waals surface area contributed by atoms with Gasteiger partial charge in [-0.1, -0.05) is 31.9 Å². The quantitative estimate of drug-likeness (QED) is 0.463. The van der Waals surface area contributed by atoms with E-state index >= 15 is 0 Å². The topological polar surface area (TPSA) is 82.6 Å². The third-order valence-electron chi connectivity index (χ3n) is 3.36. The van der Waals surface area contributed by atoms with Gasteiger partial charge in [-0.2, -0.15) is 0 Å². The van der Waals surface area contributed by atoms with Gasteiger partial charge in [0, 0.05) is 32.6 Å². The molecule has 1 N–H and O–H groups in total. The predicted molar refractivity (Wildman–Crippen MR) is 110 cm³/mol. The average molecular weight is 395 g/mol. The van der Waals surface area contributed by atoms with Crippen molar-refractivity contribution in [1.29, 1.82) is 0 Å². The first-order valence-electron chi connectivity index (χ1n) is 8.82. The predicted octanol–water partition coefficient (Wildman–Crippen LogP) is 2.33. The van der Waals surface area contributed by atoms with E-state index in [1.54, 1.807) is 40.4 Å². The van der Waals surface area contributed by atoms with Gasteiger partial charge in [-0.3, -0.25) is 19.4 Å². The number of carbonyl (C=O) groups is 3. The number of ketones is 2. The van der Waals surface area contributed by atoms with E-state index in [0.29, 0.717) is 31.7 Å². The molecule has 0 spiro atoms. The number of carbonyl (C=O) groups excluding carboxylic acids is 3. The number of amides is 1. The van der Waals surface area contributed by atoms with Crippen LogP contribution in [0.25, 0.3) is 0 Å². The van der Waals surface area contributed by atoms with Crippen LogP contribution in [0.1, 0.15) is 44.1 Å². The lowest BCUT2D eigenvalue weighted by molar-refractivity contribution is -0.134. The summed E-state index contributed by atoms with van der Waals surface area (Å²) in [5.41, 5.74) is 0.525. The first kappa shape index (κ1) is 25.0. The highest BCUT2D eigenvalue weighted by molar-refractivity contribution is 7.78. The van der Waals surface area contributed by atoms with Gasteiger partial charge in [0.25, 0.3) is 0 Å². The van der Waals surface area contributed by atoms with Gasteiger partial charge in [0.2, 0.25) is 5.91 Å². The highest BCUT2D eigenvalue weighted by Crippen LogP contribution is 2.03. The molecule has 1 saturated heterocycles. The highest BCUT2D eigenvalue weighted by Gasteiger charge is 2.22. The van der Waals surface area contributed by atoms with E-state index < -0.39 is 0 Å². The van der Waals surface area contributed by atoms with Crippen LogP contribution < -0.4 is 4.83 Å². The molecule has 0 unspecified atom stereocenters. The normalized spacial score (nSPS) is 14.1. The van der Waals surface area contributed by atoms with Crippen molar-refractivity contribution in [1.82, 2.24) is 19.7 Å². The van der Waals surface area contributed by atoms with Crippen LogP contribution in [-0.2, 0) is 9.59 Å². The fraction of sp³-hybridized carbons (Fsp3) is 0.474. The molecule has 1 aliphatic rings. The molecule has 0 radical (unpaired) electrons. The summed E-state index contributed by atoms with van der Waals surface area (Å²) in [7, 11) is 0. The van der Waals surface area contributed by atoms with E-state index in [4.69, 9.17) is 0 Å². The van der Waals surface area contributed by atoms with Crippen LogP contribution in [0.5, 0.6) is 0 Å². The third-order valence-corrected chi connectivity index (χ3v) is 3.64. The number of hydrogen-bond acceptors (Lipinski definition) is 7. The first-order chi connectivity index (χ1) is 12.9. The van der Waals surface area contributed by atoms with Crippen molar-refractivity contribution in [3.8, 4) is 0 Å². The van der Waals surface area contributed by atoms with Crippen LogP contribution in [0.15, 0.2) is 37.1 Å². The molecule has 8 heteroatoms. The number of allylic oxidation sites excluding steroid dienone is 1. The Balaban J connectivity index is 0.000000477. The molecule has 27 heavy (non-hydrogen) atoms. The number of aromatic nitrogens is 1. The monoisotopic (exact) mass is 394 g/mol. The van der Waals surface area contributed by atoms with Crippen molar-refractivity contribution in [2.75, 3.05) is 26.2 Å². The van der Waals surface area contributed by atoms with Gasteiger partial charge < -0.3 is 4.90 Å². The minimum absolute atomic E-state index is 0.00981. The van der Waals surface area contributed by atoms with Crippen LogP contribution in [0, 0.1) is 0 Å². The fourth-order valence-electron chi connectivity index (χ4n) is 2.12. The number of Topliss-reactive ketones (excluding diaryl/α,β-unsaturated/α-hetero) is 2. The largest absolute Gasteiger partial charge is 0.334 e. The zero-order valence-corrected chi connectivity index (χ0v) is 17.2. The molecule has 0 bridgehead atoms. The van der Waals surface area contributed by atoms with E-state index in [1.807, 2.05) is 13.8 Å². The molecule has 0 saturated carbocycles. The van der Waals surface area contributed by atoms with Gasteiger partial charge in [0.15, 0.2) is 11.6 Å². The molecule has 7 nitrogen and oxygen atoms in total. The van der Waals surface area contributed by atoms with Crippen molar-refractivity contribution >= 4 is 30.3 Å². The molecular weight excluding hydrogens is 364 g/mol. The molecule has 0 aliphatic carbocycles. The summed E-state index contributed by atoms with van der Waals surface area (Å²) in [6.45, 7) is 10.5. The van der Waals surface area contributed by atoms with E-state index in [9.17, 15) is 14.4 Å². The number of rotatable bonds is 4. The molecule has 150 valence electrons. The lowest BCUT2D eigenvalue weighted by atomic mass is 10.3. The molecule has 2 heterocycles. The molecule has 1 aromatic heterocycles. The third kappa shape index (κ3) is 11.3. The maximum Gasteiger partial charge on any atom is 0.223 e. The number of nitrogens with zero attached hydrogens (tertiary/aromatic N) is 3. The summed E-state index contributed by atoms with van der Waals surface area (Å²) in [6, 6.07) is 5.28. The maximum absolute atomic E-state index is 11.6. The van der Waals surface area contributed by atoms with Gasteiger partial charge >= 0.3 is 0 Å². The molecule has 2 rings (SSSR count). The van der Waals surface area contributed by atoms with Crippen molar-refractivity contribution in [2.45, 2.75) is 33.6 Å². The maximum atomic E-state index is 11.6. The van der Waals surface area contributed by atoms with E-state index in [2.05, 4.69) is 29.2 Å². The SMILES string of the molecule is C=CC.CC(=O)c1ccccn1.CCCC(=O)N1CCN(NS)CC(=O)C1. The Kier molecular flexibility index (Phi) is 13.9. The van der Waals surface area contributed by atoms with Crippen molar-refractivity contribution in [2.24, 2.45) is 0 Å². The number of pyridine rings is 1. The Morgan fingerprint density at radius 2 is 2.00 bits per heavy atom. The molecule has 1 aromatic rings. The lowest BCUT2D eigenvalue weighted by Gasteiger charge is -2.20. The second-order valence-corrected chi connectivity index (χ2v) is 6.00. The zero-order valence-electron chi connectivity index (χ0n) is 16.4. The standard InChI is InChI=1S/C9H17N3O2S.C7H7NO.C3H6/c1-2-3-9(14)11-4-5-12(10-15)7-8(13)6-11;1-6(9)7-4-2-3-5-8-7;1-3-2/h10,15H,2-7H2,1H3;2-5H,1H3;3H,1H2,2H3. The zero-order chi connectivity index (χ0) is 20.7. The van der Waals surface area contributed by atoms with Crippen LogP contribution in [0.2, 0.25) is 0 Å².